The maximum atomic E-state index is 6.36. The molecule has 0 atom stereocenters. The van der Waals surface area contributed by atoms with Crippen LogP contribution in [0.2, 0.25) is 5.02 Å². The van der Waals surface area contributed by atoms with Gasteiger partial charge in [0, 0.05) is 9.79 Å². The van der Waals surface area contributed by atoms with Crippen molar-refractivity contribution in [1.29, 1.82) is 0 Å². The van der Waals surface area contributed by atoms with E-state index < -0.39 is 0 Å². The summed E-state index contributed by atoms with van der Waals surface area (Å²) in [6, 6.07) is 14.9. The highest BCUT2D eigenvalue weighted by Crippen LogP contribution is 2.35. The van der Waals surface area contributed by atoms with E-state index in [0.29, 0.717) is 6.54 Å². The van der Waals surface area contributed by atoms with Crippen molar-refractivity contribution in [2.45, 2.75) is 42.4 Å². The lowest BCUT2D eigenvalue weighted by Crippen LogP contribution is -2.10. The van der Waals surface area contributed by atoms with E-state index in [1.165, 1.54) is 16.0 Å². The first-order valence-corrected chi connectivity index (χ1v) is 8.36. The fraction of sp³-hybridized carbons (Fsp3) is 0.333. The Kier molecular flexibility index (Phi) is 5.37. The molecule has 2 aromatic carbocycles. The van der Waals surface area contributed by atoms with Gasteiger partial charge in [0.2, 0.25) is 0 Å². The maximum Gasteiger partial charge on any atom is 0.0548 e. The van der Waals surface area contributed by atoms with Crippen LogP contribution in [0.5, 0.6) is 0 Å². The number of nitrogens with two attached hydrogens (primary N) is 1. The smallest absolute Gasteiger partial charge is 0.0548 e. The number of hydrogen-bond acceptors (Lipinski definition) is 2. The second kappa shape index (κ2) is 6.87. The first kappa shape index (κ1) is 16.4. The van der Waals surface area contributed by atoms with Crippen LogP contribution in [0.15, 0.2) is 52.3 Å². The number of halogens is 1. The van der Waals surface area contributed by atoms with E-state index in [1.54, 1.807) is 11.8 Å². The highest BCUT2D eigenvalue weighted by Gasteiger charge is 2.13. The molecule has 0 bridgehead atoms. The first-order valence-electron chi connectivity index (χ1n) is 7.17. The summed E-state index contributed by atoms with van der Waals surface area (Å²) in [4.78, 5) is 2.29. The second-order valence-electron chi connectivity index (χ2n) is 6.18. The summed E-state index contributed by atoms with van der Waals surface area (Å²) in [6.45, 7) is 7.32. The van der Waals surface area contributed by atoms with E-state index >= 15 is 0 Å². The minimum absolute atomic E-state index is 0.185. The summed E-state index contributed by atoms with van der Waals surface area (Å²) in [5.41, 5.74) is 8.29. The molecule has 0 unspecified atom stereocenters. The molecule has 2 aromatic rings. The summed E-state index contributed by atoms with van der Waals surface area (Å²) >= 11 is 8.05. The lowest BCUT2D eigenvalue weighted by atomic mass is 9.87. The van der Waals surface area contributed by atoms with Crippen molar-refractivity contribution in [3.05, 3.63) is 58.6 Å². The van der Waals surface area contributed by atoms with Crippen molar-refractivity contribution in [3.63, 3.8) is 0 Å². The van der Waals surface area contributed by atoms with Crippen molar-refractivity contribution in [3.8, 4) is 0 Å². The van der Waals surface area contributed by atoms with E-state index in [2.05, 4.69) is 57.2 Å². The van der Waals surface area contributed by atoms with E-state index in [0.717, 1.165) is 16.3 Å². The van der Waals surface area contributed by atoms with E-state index in [-0.39, 0.29) is 5.41 Å². The fourth-order valence-electron chi connectivity index (χ4n) is 2.10. The quantitative estimate of drug-likeness (QED) is 0.828. The van der Waals surface area contributed by atoms with Gasteiger partial charge in [-0.25, -0.2) is 0 Å². The topological polar surface area (TPSA) is 26.0 Å². The van der Waals surface area contributed by atoms with Crippen LogP contribution in [0.25, 0.3) is 0 Å². The molecule has 21 heavy (non-hydrogen) atoms. The van der Waals surface area contributed by atoms with Crippen molar-refractivity contribution >= 4 is 23.4 Å². The van der Waals surface area contributed by atoms with Crippen LogP contribution in [0.4, 0.5) is 0 Å². The van der Waals surface area contributed by atoms with Crippen LogP contribution in [0.1, 0.15) is 31.9 Å². The lowest BCUT2D eigenvalue weighted by Gasteiger charge is -2.19. The Hall–Kier alpha value is -0.960. The molecule has 0 fully saturated rings. The molecule has 0 aliphatic carbocycles. The fourth-order valence-corrected chi connectivity index (χ4v) is 3.24. The molecule has 112 valence electrons. The molecule has 0 spiro atoms. The predicted octanol–water partition coefficient (Wildman–Crippen LogP) is 5.29. The summed E-state index contributed by atoms with van der Waals surface area (Å²) in [7, 11) is 0. The van der Waals surface area contributed by atoms with Crippen molar-refractivity contribution in [1.82, 2.24) is 0 Å². The zero-order valence-electron chi connectivity index (χ0n) is 12.8. The van der Waals surface area contributed by atoms with Gasteiger partial charge in [0.1, 0.15) is 0 Å². The van der Waals surface area contributed by atoms with E-state index in [4.69, 9.17) is 17.3 Å². The van der Waals surface area contributed by atoms with Crippen molar-refractivity contribution in [2.24, 2.45) is 5.73 Å². The zero-order valence-corrected chi connectivity index (χ0v) is 14.4. The molecule has 2 rings (SSSR count). The van der Waals surface area contributed by atoms with E-state index in [9.17, 15) is 0 Å². The van der Waals surface area contributed by atoms with Gasteiger partial charge in [0.25, 0.3) is 0 Å². The molecule has 0 amide bonds. The predicted molar refractivity (Wildman–Crippen MR) is 93.5 cm³/mol. The van der Waals surface area contributed by atoms with Gasteiger partial charge in [0.05, 0.1) is 5.02 Å². The zero-order chi connectivity index (χ0) is 15.5. The third-order valence-corrected chi connectivity index (χ3v) is 4.89. The molecule has 0 aromatic heterocycles. The van der Waals surface area contributed by atoms with Gasteiger partial charge < -0.3 is 5.73 Å². The highest BCUT2D eigenvalue weighted by atomic mass is 35.5. The first-order chi connectivity index (χ1) is 9.90. The number of hydrogen-bond donors (Lipinski definition) is 1. The Labute approximate surface area is 136 Å². The second-order valence-corrected chi connectivity index (χ2v) is 7.70. The summed E-state index contributed by atoms with van der Waals surface area (Å²) in [5, 5.41) is 0.797. The number of benzene rings is 2. The molecular weight excluding hydrogens is 298 g/mol. The largest absolute Gasteiger partial charge is 0.330 e. The Morgan fingerprint density at radius 3 is 2.24 bits per heavy atom. The molecule has 0 saturated carbocycles. The van der Waals surface area contributed by atoms with Gasteiger partial charge in [-0.1, -0.05) is 62.3 Å². The van der Waals surface area contributed by atoms with Crippen LogP contribution in [-0.2, 0) is 11.8 Å². The van der Waals surface area contributed by atoms with E-state index in [1.807, 2.05) is 6.07 Å². The minimum atomic E-state index is 0.185. The normalized spacial score (nSPS) is 11.7. The molecule has 0 aliphatic rings. The molecule has 0 radical (unpaired) electrons. The average Bonchev–Trinajstić information content (AvgIpc) is 2.42. The van der Waals surface area contributed by atoms with Crippen LogP contribution in [-0.4, -0.2) is 6.54 Å². The molecular formula is C18H22ClNS. The van der Waals surface area contributed by atoms with Gasteiger partial charge in [-0.15, -0.1) is 0 Å². The Bertz CT molecular complexity index is 600. The van der Waals surface area contributed by atoms with Gasteiger partial charge in [0.15, 0.2) is 0 Å². The van der Waals surface area contributed by atoms with Crippen molar-refractivity contribution in [2.75, 3.05) is 6.54 Å². The van der Waals surface area contributed by atoms with Gasteiger partial charge in [-0.05, 0) is 53.8 Å². The third-order valence-electron chi connectivity index (χ3n) is 3.38. The molecule has 3 heteroatoms. The molecule has 0 aliphatic heterocycles. The maximum absolute atomic E-state index is 6.36. The standard InChI is InChI=1S/C18H22ClNS/c1-18(2,3)14-5-7-15(8-6-14)21-17-9-4-13(10-11-20)12-16(17)19/h4-9,12H,10-11,20H2,1-3H3. The Balaban J connectivity index is 2.15. The van der Waals surface area contributed by atoms with Crippen LogP contribution in [0, 0.1) is 0 Å². The Morgan fingerprint density at radius 2 is 1.71 bits per heavy atom. The lowest BCUT2D eigenvalue weighted by molar-refractivity contribution is 0.590. The molecule has 2 N–H and O–H groups in total. The number of rotatable bonds is 4. The molecule has 0 heterocycles. The van der Waals surface area contributed by atoms with Gasteiger partial charge in [-0.3, -0.25) is 0 Å². The van der Waals surface area contributed by atoms with Gasteiger partial charge >= 0.3 is 0 Å². The summed E-state index contributed by atoms with van der Waals surface area (Å²) < 4.78 is 0. The monoisotopic (exact) mass is 319 g/mol. The van der Waals surface area contributed by atoms with Crippen LogP contribution in [0.3, 0.4) is 0 Å². The summed E-state index contributed by atoms with van der Waals surface area (Å²) in [5.74, 6) is 0. The van der Waals surface area contributed by atoms with Gasteiger partial charge in [-0.2, -0.15) is 0 Å². The SMILES string of the molecule is CC(C)(C)c1ccc(Sc2ccc(CCN)cc2Cl)cc1. The minimum Gasteiger partial charge on any atom is -0.330 e. The van der Waals surface area contributed by atoms with Crippen molar-refractivity contribution < 1.29 is 0 Å². The molecule has 1 nitrogen and oxygen atoms in total. The average molecular weight is 320 g/mol. The highest BCUT2D eigenvalue weighted by molar-refractivity contribution is 7.99. The summed E-state index contributed by atoms with van der Waals surface area (Å²) in [6.07, 6.45) is 0.866. The third kappa shape index (κ3) is 4.50. The van der Waals surface area contributed by atoms with Crippen LogP contribution >= 0.6 is 23.4 Å². The van der Waals surface area contributed by atoms with Crippen LogP contribution < -0.4 is 5.73 Å². The Morgan fingerprint density at radius 1 is 1.05 bits per heavy atom. The molecule has 0 saturated heterocycles.